The first kappa shape index (κ1) is 14.6. The van der Waals surface area contributed by atoms with Gasteiger partial charge in [0.1, 0.15) is 0 Å². The average Bonchev–Trinajstić information content (AvgIpc) is 2.39. The van der Waals surface area contributed by atoms with E-state index in [1.54, 1.807) is 25.1 Å². The molecule has 0 N–H and O–H groups in total. The van der Waals surface area contributed by atoms with Crippen LogP contribution in [0.5, 0.6) is 0 Å². The van der Waals surface area contributed by atoms with E-state index in [1.807, 2.05) is 0 Å². The van der Waals surface area contributed by atoms with Gasteiger partial charge in [-0.1, -0.05) is 23.4 Å². The Balaban J connectivity index is 2.79. The zero-order chi connectivity index (χ0) is 14.3. The van der Waals surface area contributed by atoms with E-state index >= 15 is 0 Å². The molecule has 0 spiro atoms. The lowest BCUT2D eigenvalue weighted by Crippen LogP contribution is -2.25. The normalized spacial score (nSPS) is 10.7. The fourth-order valence-electron chi connectivity index (χ4n) is 1.16. The lowest BCUT2D eigenvalue weighted by atomic mass is 10.2. The van der Waals surface area contributed by atoms with Crippen molar-refractivity contribution < 1.29 is 24.0 Å². The summed E-state index contributed by atoms with van der Waals surface area (Å²) in [4.78, 5) is 38.7. The molecule has 1 aromatic rings. The molecule has 0 radical (unpaired) electrons. The average molecular weight is 263 g/mol. The number of carbonyl (C=O) groups excluding carboxylic acids is 3. The third-order valence-corrected chi connectivity index (χ3v) is 2.03. The Bertz CT molecular complexity index is 507. The second-order valence-corrected chi connectivity index (χ2v) is 3.46. The van der Waals surface area contributed by atoms with E-state index in [9.17, 15) is 14.4 Å². The second-order valence-electron chi connectivity index (χ2n) is 3.46. The van der Waals surface area contributed by atoms with E-state index in [-0.39, 0.29) is 12.2 Å². The number of carbonyl (C=O) groups is 3. The number of benzene rings is 1. The number of esters is 1. The molecule has 0 aromatic heterocycles. The van der Waals surface area contributed by atoms with Gasteiger partial charge < -0.3 is 9.57 Å². The van der Waals surface area contributed by atoms with Crippen molar-refractivity contribution in [3.05, 3.63) is 35.9 Å². The summed E-state index contributed by atoms with van der Waals surface area (Å²) in [6.45, 7) is 2.81. The Morgan fingerprint density at radius 2 is 1.79 bits per heavy atom. The van der Waals surface area contributed by atoms with Gasteiger partial charge in [-0.3, -0.25) is 4.79 Å². The standard InChI is InChI=1S/C13H13NO5/c1-3-18-13(17)11(9(2)15)14-19-12(16)10-7-5-4-6-8-10/h4-8H,3H2,1-2H3/b14-11-. The maximum Gasteiger partial charge on any atom is 0.365 e. The summed E-state index contributed by atoms with van der Waals surface area (Å²) in [6.07, 6.45) is 0. The second kappa shape index (κ2) is 7.05. The van der Waals surface area contributed by atoms with Crippen molar-refractivity contribution in [2.24, 2.45) is 5.16 Å². The Labute approximate surface area is 110 Å². The number of ketones is 1. The zero-order valence-electron chi connectivity index (χ0n) is 10.6. The van der Waals surface area contributed by atoms with Crippen LogP contribution in [0.2, 0.25) is 0 Å². The van der Waals surface area contributed by atoms with Gasteiger partial charge >= 0.3 is 11.9 Å². The highest BCUT2D eigenvalue weighted by Gasteiger charge is 2.20. The maximum atomic E-state index is 11.6. The maximum absolute atomic E-state index is 11.6. The van der Waals surface area contributed by atoms with E-state index in [2.05, 4.69) is 14.7 Å². The van der Waals surface area contributed by atoms with Gasteiger partial charge in [-0.2, -0.15) is 0 Å². The third kappa shape index (κ3) is 4.34. The monoisotopic (exact) mass is 263 g/mol. The van der Waals surface area contributed by atoms with Crippen molar-refractivity contribution in [1.29, 1.82) is 0 Å². The van der Waals surface area contributed by atoms with Crippen molar-refractivity contribution in [2.75, 3.05) is 6.61 Å². The summed E-state index contributed by atoms with van der Waals surface area (Å²) in [5.41, 5.74) is -0.288. The fourth-order valence-corrected chi connectivity index (χ4v) is 1.16. The van der Waals surface area contributed by atoms with Gasteiger partial charge in [0.05, 0.1) is 12.2 Å². The largest absolute Gasteiger partial charge is 0.461 e. The van der Waals surface area contributed by atoms with Gasteiger partial charge in [0.15, 0.2) is 5.78 Å². The molecule has 0 atom stereocenters. The topological polar surface area (TPSA) is 82.0 Å². The van der Waals surface area contributed by atoms with Crippen LogP contribution in [0.4, 0.5) is 0 Å². The molecule has 6 heteroatoms. The number of hydrogen-bond acceptors (Lipinski definition) is 6. The number of nitrogens with zero attached hydrogens (tertiary/aromatic N) is 1. The molecule has 0 aliphatic heterocycles. The zero-order valence-corrected chi connectivity index (χ0v) is 10.6. The summed E-state index contributed by atoms with van der Waals surface area (Å²) in [6, 6.07) is 8.08. The van der Waals surface area contributed by atoms with E-state index in [0.29, 0.717) is 0 Å². The molecule has 19 heavy (non-hydrogen) atoms. The Morgan fingerprint density at radius 3 is 2.32 bits per heavy atom. The van der Waals surface area contributed by atoms with Crippen LogP contribution >= 0.6 is 0 Å². The molecule has 100 valence electrons. The van der Waals surface area contributed by atoms with Crippen LogP contribution in [-0.4, -0.2) is 30.0 Å². The number of hydrogen-bond donors (Lipinski definition) is 0. The van der Waals surface area contributed by atoms with Crippen LogP contribution < -0.4 is 0 Å². The van der Waals surface area contributed by atoms with E-state index in [4.69, 9.17) is 0 Å². The van der Waals surface area contributed by atoms with Crippen LogP contribution in [0.15, 0.2) is 35.5 Å². The van der Waals surface area contributed by atoms with Crippen molar-refractivity contribution in [3.8, 4) is 0 Å². The van der Waals surface area contributed by atoms with E-state index in [0.717, 1.165) is 6.92 Å². The number of ether oxygens (including phenoxy) is 1. The summed E-state index contributed by atoms with van der Waals surface area (Å²) in [5.74, 6) is -2.32. The lowest BCUT2D eigenvalue weighted by molar-refractivity contribution is -0.135. The molecule has 0 bridgehead atoms. The highest BCUT2D eigenvalue weighted by Crippen LogP contribution is 2.02. The Morgan fingerprint density at radius 1 is 1.16 bits per heavy atom. The minimum Gasteiger partial charge on any atom is -0.461 e. The fraction of sp³-hybridized carbons (Fsp3) is 0.231. The molecule has 0 aliphatic carbocycles. The first-order valence-corrected chi connectivity index (χ1v) is 5.58. The molecule has 1 rings (SSSR count). The van der Waals surface area contributed by atoms with Crippen LogP contribution in [-0.2, 0) is 19.2 Å². The quantitative estimate of drug-likeness (QED) is 0.263. The molecule has 0 aliphatic rings. The summed E-state index contributed by atoms with van der Waals surface area (Å²) < 4.78 is 4.62. The van der Waals surface area contributed by atoms with Gasteiger partial charge in [0, 0.05) is 6.92 Å². The highest BCUT2D eigenvalue weighted by molar-refractivity contribution is 6.63. The molecule has 0 unspecified atom stereocenters. The van der Waals surface area contributed by atoms with Crippen LogP contribution in [0.1, 0.15) is 24.2 Å². The molecule has 0 saturated carbocycles. The number of oxime groups is 1. The Kier molecular flexibility index (Phi) is 5.40. The molecule has 6 nitrogen and oxygen atoms in total. The first-order chi connectivity index (χ1) is 9.06. The van der Waals surface area contributed by atoms with Crippen LogP contribution in [0, 0.1) is 0 Å². The third-order valence-electron chi connectivity index (χ3n) is 2.03. The van der Waals surface area contributed by atoms with Gasteiger partial charge in [0.2, 0.25) is 5.71 Å². The van der Waals surface area contributed by atoms with Gasteiger partial charge in [-0.05, 0) is 19.1 Å². The summed E-state index contributed by atoms with van der Waals surface area (Å²) in [5, 5.41) is 3.26. The van der Waals surface area contributed by atoms with Crippen molar-refractivity contribution in [3.63, 3.8) is 0 Å². The molecule has 0 amide bonds. The van der Waals surface area contributed by atoms with Crippen LogP contribution in [0.25, 0.3) is 0 Å². The van der Waals surface area contributed by atoms with Crippen molar-refractivity contribution in [2.45, 2.75) is 13.8 Å². The Hall–Kier alpha value is -2.50. The SMILES string of the molecule is CCOC(=O)/C(=N\OC(=O)c1ccccc1)C(C)=O. The van der Waals surface area contributed by atoms with E-state index < -0.39 is 23.4 Å². The van der Waals surface area contributed by atoms with E-state index in [1.165, 1.54) is 12.1 Å². The molecular weight excluding hydrogens is 250 g/mol. The van der Waals surface area contributed by atoms with Crippen LogP contribution in [0.3, 0.4) is 0 Å². The molecule has 0 heterocycles. The molecule has 1 aromatic carbocycles. The molecular formula is C13H13NO5. The minimum absolute atomic E-state index is 0.0950. The van der Waals surface area contributed by atoms with Gasteiger partial charge in [-0.15, -0.1) is 0 Å². The smallest absolute Gasteiger partial charge is 0.365 e. The van der Waals surface area contributed by atoms with Crippen molar-refractivity contribution in [1.82, 2.24) is 0 Å². The number of rotatable bonds is 5. The van der Waals surface area contributed by atoms with Gasteiger partial charge in [-0.25, -0.2) is 9.59 Å². The first-order valence-electron chi connectivity index (χ1n) is 5.58. The minimum atomic E-state index is -0.920. The predicted octanol–water partition coefficient (Wildman–Crippen LogP) is 1.35. The lowest BCUT2D eigenvalue weighted by Gasteiger charge is -2.02. The predicted molar refractivity (Wildman–Crippen MR) is 66.6 cm³/mol. The summed E-state index contributed by atoms with van der Waals surface area (Å²) >= 11 is 0. The van der Waals surface area contributed by atoms with Crippen molar-refractivity contribution >= 4 is 23.4 Å². The van der Waals surface area contributed by atoms with Gasteiger partial charge in [0.25, 0.3) is 0 Å². The summed E-state index contributed by atoms with van der Waals surface area (Å²) in [7, 11) is 0. The molecule has 0 fully saturated rings. The molecule has 0 saturated heterocycles. The number of Topliss-reactive ketones (excluding diaryl/α,β-unsaturated/α-hetero) is 1. The highest BCUT2D eigenvalue weighted by atomic mass is 16.7.